The Morgan fingerprint density at radius 1 is 1.25 bits per heavy atom. The minimum atomic E-state index is -0.569. The maximum Gasteiger partial charge on any atom is 0.341 e. The van der Waals surface area contributed by atoms with E-state index in [1.54, 1.807) is 13.8 Å². The highest BCUT2D eigenvalue weighted by Crippen LogP contribution is 2.33. The lowest BCUT2D eigenvalue weighted by Crippen LogP contribution is -2.29. The molecule has 2 rings (SSSR count). The number of hydrogen-bond donors (Lipinski definition) is 1. The monoisotopic (exact) mass is 426 g/mol. The largest absolute Gasteiger partial charge is 0.463 e. The summed E-state index contributed by atoms with van der Waals surface area (Å²) in [7, 11) is 0. The van der Waals surface area contributed by atoms with Crippen LogP contribution >= 0.6 is 23.1 Å². The molecule has 1 aliphatic rings. The van der Waals surface area contributed by atoms with Crippen molar-refractivity contribution in [3.63, 3.8) is 0 Å². The number of thioether (sulfide) groups is 1. The van der Waals surface area contributed by atoms with Crippen molar-refractivity contribution >= 4 is 51.9 Å². The first kappa shape index (κ1) is 22.0. The summed E-state index contributed by atoms with van der Waals surface area (Å²) in [6.07, 6.45) is 1.27. The third-order valence-corrected chi connectivity index (χ3v) is 6.01. The molecule has 1 aromatic heterocycles. The fourth-order valence-corrected chi connectivity index (χ4v) is 4.53. The summed E-state index contributed by atoms with van der Waals surface area (Å²) in [5, 5.41) is 3.57. The minimum absolute atomic E-state index is 0.0425. The van der Waals surface area contributed by atoms with Gasteiger partial charge in [-0.25, -0.2) is 9.59 Å². The van der Waals surface area contributed by atoms with Crippen LogP contribution in [0.1, 0.15) is 34.6 Å². The third kappa shape index (κ3) is 5.35. The molecule has 152 valence electrons. The molecule has 1 aliphatic heterocycles. The van der Waals surface area contributed by atoms with Gasteiger partial charge in [0.1, 0.15) is 11.6 Å². The second-order valence-electron chi connectivity index (χ2n) is 5.87. The Hall–Kier alpha value is -2.33. The van der Waals surface area contributed by atoms with Crippen molar-refractivity contribution in [1.82, 2.24) is 4.90 Å². The van der Waals surface area contributed by atoms with Gasteiger partial charge in [-0.05, 0) is 26.3 Å². The summed E-state index contributed by atoms with van der Waals surface area (Å²) in [4.78, 5) is 49.8. The molecule has 0 bridgehead atoms. The molecule has 2 heterocycles. The highest BCUT2D eigenvalue weighted by atomic mass is 32.2. The average Bonchev–Trinajstić information content (AvgIpc) is 3.08. The zero-order chi connectivity index (χ0) is 20.8. The quantitative estimate of drug-likeness (QED) is 0.528. The zero-order valence-electron chi connectivity index (χ0n) is 16.1. The van der Waals surface area contributed by atoms with Crippen molar-refractivity contribution in [2.24, 2.45) is 0 Å². The van der Waals surface area contributed by atoms with Crippen LogP contribution in [-0.2, 0) is 23.9 Å². The van der Waals surface area contributed by atoms with Gasteiger partial charge < -0.3 is 19.7 Å². The number of carbonyl (C=O) groups is 4. The van der Waals surface area contributed by atoms with Gasteiger partial charge in [-0.2, -0.15) is 0 Å². The van der Waals surface area contributed by atoms with E-state index in [0.717, 1.165) is 10.4 Å². The molecular formula is C18H22N2O6S2. The first-order valence-corrected chi connectivity index (χ1v) is 10.4. The number of carbonyl (C=O) groups excluding carboxylic acids is 4. The van der Waals surface area contributed by atoms with Crippen LogP contribution in [0.25, 0.3) is 0 Å². The second kappa shape index (κ2) is 9.74. The van der Waals surface area contributed by atoms with Crippen LogP contribution in [0.15, 0.2) is 11.1 Å². The molecule has 8 nitrogen and oxygen atoms in total. The van der Waals surface area contributed by atoms with E-state index in [0.29, 0.717) is 15.6 Å². The van der Waals surface area contributed by atoms with Gasteiger partial charge in [0, 0.05) is 11.8 Å². The van der Waals surface area contributed by atoms with E-state index in [1.165, 1.54) is 41.0 Å². The Kier molecular flexibility index (Phi) is 7.64. The maximum absolute atomic E-state index is 12.5. The smallest absolute Gasteiger partial charge is 0.341 e. The van der Waals surface area contributed by atoms with Crippen molar-refractivity contribution in [2.45, 2.75) is 27.7 Å². The lowest BCUT2D eigenvalue weighted by molar-refractivity contribution is -0.137. The summed E-state index contributed by atoms with van der Waals surface area (Å²) in [6.45, 7) is 7.04. The summed E-state index contributed by atoms with van der Waals surface area (Å²) in [6, 6.07) is 0. The van der Waals surface area contributed by atoms with Crippen LogP contribution < -0.4 is 5.32 Å². The molecule has 1 fully saturated rings. The van der Waals surface area contributed by atoms with Gasteiger partial charge in [0.05, 0.1) is 35.6 Å². The predicted octanol–water partition coefficient (Wildman–Crippen LogP) is 2.46. The van der Waals surface area contributed by atoms with Gasteiger partial charge >= 0.3 is 11.9 Å². The van der Waals surface area contributed by atoms with Crippen molar-refractivity contribution in [3.8, 4) is 0 Å². The highest BCUT2D eigenvalue weighted by Gasteiger charge is 2.28. The van der Waals surface area contributed by atoms with Crippen molar-refractivity contribution in [2.75, 3.05) is 30.8 Å². The number of hydrogen-bond acceptors (Lipinski definition) is 8. The van der Waals surface area contributed by atoms with E-state index < -0.39 is 11.9 Å². The van der Waals surface area contributed by atoms with Crippen molar-refractivity contribution in [3.05, 3.63) is 27.1 Å². The number of amides is 2. The molecule has 0 atom stereocenters. The SMILES string of the molecule is CCOC(=O)/C=C1/SCC(=O)N1CCOC(=O)c1c(NC(C)=O)sc(C)c1C. The maximum atomic E-state index is 12.5. The Labute approximate surface area is 171 Å². The van der Waals surface area contributed by atoms with Gasteiger partial charge in [0.25, 0.3) is 0 Å². The number of anilines is 1. The van der Waals surface area contributed by atoms with Crippen LogP contribution in [0.4, 0.5) is 5.00 Å². The topological polar surface area (TPSA) is 102 Å². The van der Waals surface area contributed by atoms with E-state index in [1.807, 2.05) is 6.92 Å². The van der Waals surface area contributed by atoms with E-state index in [4.69, 9.17) is 9.47 Å². The molecule has 0 aromatic carbocycles. The standard InChI is InChI=1S/C18H22N2O6S2/c1-5-25-15(23)8-14-20(13(22)9-27-14)6-7-26-18(24)16-10(2)11(3)28-17(16)19-12(4)21/h8H,5-7,9H2,1-4H3,(H,19,21)/b14-8+. The molecular weight excluding hydrogens is 404 g/mol. The molecule has 1 N–H and O–H groups in total. The second-order valence-corrected chi connectivity index (χ2v) is 8.09. The molecule has 28 heavy (non-hydrogen) atoms. The lowest BCUT2D eigenvalue weighted by Gasteiger charge is -2.17. The summed E-state index contributed by atoms with van der Waals surface area (Å²) in [5.74, 6) is -1.32. The first-order valence-electron chi connectivity index (χ1n) is 8.60. The first-order chi connectivity index (χ1) is 13.2. The van der Waals surface area contributed by atoms with Gasteiger partial charge in [-0.1, -0.05) is 11.8 Å². The van der Waals surface area contributed by atoms with E-state index in [2.05, 4.69) is 5.32 Å². The van der Waals surface area contributed by atoms with Crippen LogP contribution in [-0.4, -0.2) is 54.2 Å². The molecule has 0 unspecified atom stereocenters. The molecule has 2 amide bonds. The van der Waals surface area contributed by atoms with Gasteiger partial charge in [0.2, 0.25) is 11.8 Å². The zero-order valence-corrected chi connectivity index (χ0v) is 17.8. The Morgan fingerprint density at radius 2 is 1.96 bits per heavy atom. The molecule has 1 aromatic rings. The fraction of sp³-hybridized carbons (Fsp3) is 0.444. The van der Waals surface area contributed by atoms with E-state index in [-0.39, 0.29) is 37.3 Å². The number of thiophene rings is 1. The number of nitrogens with one attached hydrogen (secondary N) is 1. The molecule has 0 spiro atoms. The Bertz CT molecular complexity index is 830. The van der Waals surface area contributed by atoms with Crippen molar-refractivity contribution in [1.29, 1.82) is 0 Å². The van der Waals surface area contributed by atoms with Gasteiger partial charge in [0.15, 0.2) is 0 Å². The lowest BCUT2D eigenvalue weighted by atomic mass is 10.1. The number of nitrogens with zero attached hydrogens (tertiary/aromatic N) is 1. The number of aryl methyl sites for hydroxylation is 1. The molecule has 0 radical (unpaired) electrons. The normalized spacial score (nSPS) is 15.1. The van der Waals surface area contributed by atoms with Crippen LogP contribution in [0.3, 0.4) is 0 Å². The van der Waals surface area contributed by atoms with E-state index >= 15 is 0 Å². The minimum Gasteiger partial charge on any atom is -0.463 e. The van der Waals surface area contributed by atoms with Gasteiger partial charge in [-0.3, -0.25) is 9.59 Å². The molecule has 1 saturated heterocycles. The van der Waals surface area contributed by atoms with E-state index in [9.17, 15) is 19.2 Å². The third-order valence-electron chi connectivity index (χ3n) is 3.87. The van der Waals surface area contributed by atoms with Gasteiger partial charge in [-0.15, -0.1) is 11.3 Å². The summed E-state index contributed by atoms with van der Waals surface area (Å²) in [5.41, 5.74) is 1.07. The predicted molar refractivity (Wildman–Crippen MR) is 107 cm³/mol. The van der Waals surface area contributed by atoms with Crippen LogP contribution in [0.2, 0.25) is 0 Å². The molecule has 10 heteroatoms. The van der Waals surface area contributed by atoms with Crippen LogP contribution in [0.5, 0.6) is 0 Å². The average molecular weight is 427 g/mol. The van der Waals surface area contributed by atoms with Crippen LogP contribution in [0, 0.1) is 13.8 Å². The fourth-order valence-electron chi connectivity index (χ4n) is 2.48. The van der Waals surface area contributed by atoms with Crippen molar-refractivity contribution < 1.29 is 28.7 Å². The molecule has 0 aliphatic carbocycles. The molecule has 0 saturated carbocycles. The number of ether oxygens (including phenoxy) is 2. The Balaban J connectivity index is 2.02. The number of esters is 2. The number of rotatable bonds is 7. The summed E-state index contributed by atoms with van der Waals surface area (Å²) >= 11 is 2.54. The highest BCUT2D eigenvalue weighted by molar-refractivity contribution is 8.04. The Morgan fingerprint density at radius 3 is 2.61 bits per heavy atom. The summed E-state index contributed by atoms with van der Waals surface area (Å²) < 4.78 is 10.2.